The maximum absolute atomic E-state index is 6.85. The minimum absolute atomic E-state index is 0.246. The van der Waals surface area contributed by atoms with Crippen LogP contribution in [0.15, 0.2) is 30.3 Å². The van der Waals surface area contributed by atoms with Gasteiger partial charge in [0.2, 0.25) is 0 Å². The first-order valence-electron chi connectivity index (χ1n) is 12.0. The molecule has 0 N–H and O–H groups in total. The van der Waals surface area contributed by atoms with Gasteiger partial charge in [-0.3, -0.25) is 0 Å². The van der Waals surface area contributed by atoms with Crippen LogP contribution in [0.1, 0.15) is 89.5 Å². The fraction of sp³-hybridized carbons (Fsp3) is 0.769. The van der Waals surface area contributed by atoms with Gasteiger partial charge < -0.3 is 17.7 Å². The van der Waals surface area contributed by atoms with Gasteiger partial charge in [0.1, 0.15) is 0 Å². The maximum atomic E-state index is 6.85. The van der Waals surface area contributed by atoms with Gasteiger partial charge in [-0.1, -0.05) is 30.3 Å². The van der Waals surface area contributed by atoms with E-state index in [1.807, 2.05) is 0 Å². The minimum atomic E-state index is -2.75. The van der Waals surface area contributed by atoms with E-state index in [0.717, 1.165) is 18.5 Å². The third kappa shape index (κ3) is 11.6. The van der Waals surface area contributed by atoms with Crippen molar-refractivity contribution in [1.29, 1.82) is 0 Å². The molecule has 4 nitrogen and oxygen atoms in total. The van der Waals surface area contributed by atoms with Crippen LogP contribution in [0, 0.1) is 0 Å². The standard InChI is InChI=1S/C26H50O4Si2/c1-23(2,3)27-31(13,28-24(4,5)6)20-17-21-32(29-25(7,8)9,30-26(10,11)12)22-18-15-14-16-19-22/h14-16,18-19H,17,20-21H2,1-13H3. The lowest BCUT2D eigenvalue weighted by atomic mass is 10.2. The Morgan fingerprint density at radius 3 is 1.28 bits per heavy atom. The second-order valence-corrected chi connectivity index (χ2v) is 19.1. The second-order valence-electron chi connectivity index (χ2n) is 13.0. The molecule has 0 bridgehead atoms. The fourth-order valence-electron chi connectivity index (χ4n) is 4.13. The van der Waals surface area contributed by atoms with Crippen LogP contribution in [0.3, 0.4) is 0 Å². The Morgan fingerprint density at radius 2 is 0.938 bits per heavy atom. The van der Waals surface area contributed by atoms with Gasteiger partial charge in [-0.05, 0) is 113 Å². The summed E-state index contributed by atoms with van der Waals surface area (Å²) < 4.78 is 26.9. The van der Waals surface area contributed by atoms with E-state index < -0.39 is 17.1 Å². The van der Waals surface area contributed by atoms with Crippen molar-refractivity contribution < 1.29 is 17.7 Å². The Morgan fingerprint density at radius 1 is 0.562 bits per heavy atom. The zero-order chi connectivity index (χ0) is 25.1. The molecule has 0 atom stereocenters. The smallest absolute Gasteiger partial charge is 0.373 e. The Labute approximate surface area is 200 Å². The largest absolute Gasteiger partial charge is 0.389 e. The lowest BCUT2D eigenvalue weighted by Gasteiger charge is -2.42. The van der Waals surface area contributed by atoms with Gasteiger partial charge in [0.15, 0.2) is 0 Å². The van der Waals surface area contributed by atoms with Crippen molar-refractivity contribution >= 4 is 22.3 Å². The molecule has 6 heteroatoms. The van der Waals surface area contributed by atoms with Crippen LogP contribution in [-0.2, 0) is 17.7 Å². The average molecular weight is 483 g/mol. The predicted octanol–water partition coefficient (Wildman–Crippen LogP) is 7.06. The number of hydrogen-bond acceptors (Lipinski definition) is 4. The summed E-state index contributed by atoms with van der Waals surface area (Å²) in [5.74, 6) is 0. The molecule has 0 aliphatic rings. The van der Waals surface area contributed by atoms with E-state index >= 15 is 0 Å². The Bertz CT molecular complexity index is 660. The van der Waals surface area contributed by atoms with Crippen molar-refractivity contribution in [3.8, 4) is 0 Å². The molecule has 0 heterocycles. The summed E-state index contributed by atoms with van der Waals surface area (Å²) in [5.41, 5.74) is -1.11. The molecule has 0 spiro atoms. The van der Waals surface area contributed by atoms with Gasteiger partial charge in [0.25, 0.3) is 0 Å². The van der Waals surface area contributed by atoms with Crippen LogP contribution in [0.5, 0.6) is 0 Å². The lowest BCUT2D eigenvalue weighted by Crippen LogP contribution is -2.60. The molecule has 186 valence electrons. The highest BCUT2D eigenvalue weighted by molar-refractivity contribution is 6.81. The summed E-state index contributed by atoms with van der Waals surface area (Å²) in [6.45, 7) is 27.6. The van der Waals surface area contributed by atoms with Crippen LogP contribution in [-0.4, -0.2) is 39.5 Å². The van der Waals surface area contributed by atoms with Crippen molar-refractivity contribution in [1.82, 2.24) is 0 Å². The first-order valence-corrected chi connectivity index (χ1v) is 16.5. The molecular formula is C26H50O4Si2. The molecule has 0 saturated carbocycles. The number of hydrogen-bond donors (Lipinski definition) is 0. The van der Waals surface area contributed by atoms with Crippen LogP contribution in [0.25, 0.3) is 0 Å². The third-order valence-electron chi connectivity index (χ3n) is 4.34. The average Bonchev–Trinajstić information content (AvgIpc) is 2.48. The molecule has 0 fully saturated rings. The van der Waals surface area contributed by atoms with E-state index in [1.54, 1.807) is 0 Å². The normalized spacial score (nSPS) is 14.7. The van der Waals surface area contributed by atoms with E-state index in [9.17, 15) is 0 Å². The molecule has 1 aromatic rings. The summed E-state index contributed by atoms with van der Waals surface area (Å²) >= 11 is 0. The minimum Gasteiger partial charge on any atom is -0.389 e. The van der Waals surface area contributed by atoms with E-state index in [-0.39, 0.29) is 22.4 Å². The maximum Gasteiger partial charge on any atom is 0.373 e. The summed E-state index contributed by atoms with van der Waals surface area (Å²) in [4.78, 5) is 0. The van der Waals surface area contributed by atoms with E-state index in [4.69, 9.17) is 17.7 Å². The van der Waals surface area contributed by atoms with E-state index in [1.165, 1.54) is 5.19 Å². The topological polar surface area (TPSA) is 36.9 Å². The van der Waals surface area contributed by atoms with E-state index in [0.29, 0.717) is 0 Å². The molecular weight excluding hydrogens is 432 g/mol. The number of rotatable bonds is 9. The summed E-state index contributed by atoms with van der Waals surface area (Å²) in [7, 11) is -5.18. The summed E-state index contributed by atoms with van der Waals surface area (Å²) in [6.07, 6.45) is 0.933. The van der Waals surface area contributed by atoms with Gasteiger partial charge in [-0.15, -0.1) is 0 Å². The van der Waals surface area contributed by atoms with Crippen molar-refractivity contribution in [2.24, 2.45) is 0 Å². The van der Waals surface area contributed by atoms with E-state index in [2.05, 4.69) is 120 Å². The van der Waals surface area contributed by atoms with Crippen molar-refractivity contribution in [3.63, 3.8) is 0 Å². The van der Waals surface area contributed by atoms with Crippen molar-refractivity contribution in [3.05, 3.63) is 30.3 Å². The molecule has 0 radical (unpaired) electrons. The van der Waals surface area contributed by atoms with Gasteiger partial charge in [-0.25, -0.2) is 0 Å². The molecule has 1 rings (SSSR count). The quantitative estimate of drug-likeness (QED) is 0.353. The SMILES string of the molecule is CC(C)(C)O[Si](C)(CCC[Si](OC(C)(C)C)(OC(C)(C)C)c1ccccc1)OC(C)(C)C. The zero-order valence-corrected chi connectivity index (χ0v) is 25.1. The van der Waals surface area contributed by atoms with Crippen molar-refractivity contribution in [2.45, 2.75) is 131 Å². The van der Waals surface area contributed by atoms with Gasteiger partial charge in [-0.2, -0.15) is 0 Å². The van der Waals surface area contributed by atoms with Gasteiger partial charge in [0.05, 0.1) is 22.4 Å². The molecule has 0 aliphatic heterocycles. The monoisotopic (exact) mass is 482 g/mol. The highest BCUT2D eigenvalue weighted by atomic mass is 28.4. The Balaban J connectivity index is 3.28. The molecule has 0 unspecified atom stereocenters. The number of benzene rings is 1. The van der Waals surface area contributed by atoms with Crippen LogP contribution >= 0.6 is 0 Å². The Hall–Kier alpha value is -0.506. The molecule has 0 saturated heterocycles. The van der Waals surface area contributed by atoms with Crippen molar-refractivity contribution in [2.75, 3.05) is 0 Å². The first-order chi connectivity index (χ1) is 14.1. The molecule has 0 aliphatic carbocycles. The highest BCUT2D eigenvalue weighted by Gasteiger charge is 2.47. The Kier molecular flexibility index (Phi) is 9.60. The van der Waals surface area contributed by atoms with Gasteiger partial charge >= 0.3 is 17.1 Å². The molecule has 0 aromatic heterocycles. The molecule has 0 amide bonds. The van der Waals surface area contributed by atoms with Crippen LogP contribution in [0.2, 0.25) is 18.6 Å². The highest BCUT2D eigenvalue weighted by Crippen LogP contribution is 2.33. The lowest BCUT2D eigenvalue weighted by molar-refractivity contribution is 0.0164. The molecule has 32 heavy (non-hydrogen) atoms. The zero-order valence-electron chi connectivity index (χ0n) is 23.1. The first kappa shape index (κ1) is 29.5. The fourth-order valence-corrected chi connectivity index (χ4v) is 12.2. The van der Waals surface area contributed by atoms with Gasteiger partial charge in [0, 0.05) is 0 Å². The summed E-state index contributed by atoms with van der Waals surface area (Å²) in [5, 5.41) is 1.18. The van der Waals surface area contributed by atoms with Crippen LogP contribution in [0.4, 0.5) is 0 Å². The van der Waals surface area contributed by atoms with Crippen LogP contribution < -0.4 is 5.19 Å². The second kappa shape index (κ2) is 10.4. The third-order valence-corrected chi connectivity index (χ3v) is 11.8. The molecule has 1 aromatic carbocycles. The summed E-state index contributed by atoms with van der Waals surface area (Å²) in [6, 6.07) is 12.3. The predicted molar refractivity (Wildman–Crippen MR) is 141 cm³/mol.